The van der Waals surface area contributed by atoms with Crippen molar-refractivity contribution in [3.05, 3.63) is 12.0 Å². The number of hydrogen-bond acceptors (Lipinski definition) is 5. The molecule has 0 atom stereocenters. The summed E-state index contributed by atoms with van der Waals surface area (Å²) in [6, 6.07) is 0. The van der Waals surface area contributed by atoms with Gasteiger partial charge in [-0.3, -0.25) is 4.79 Å². The van der Waals surface area contributed by atoms with Crippen LogP contribution < -0.4 is 0 Å². The van der Waals surface area contributed by atoms with Crippen LogP contribution in [0, 0.1) is 0 Å². The van der Waals surface area contributed by atoms with E-state index in [0.29, 0.717) is 5.76 Å². The first-order chi connectivity index (χ1) is 6.24. The second-order valence-electron chi connectivity index (χ2n) is 2.33. The van der Waals surface area contributed by atoms with Crippen LogP contribution in [-0.4, -0.2) is 25.2 Å². The first kappa shape index (κ1) is 9.57. The number of rotatable bonds is 4. The molecule has 0 fully saturated rings. The van der Waals surface area contributed by atoms with Gasteiger partial charge in [0.25, 0.3) is 0 Å². The number of allylic oxidation sites excluding steroid dienone is 1. The number of carbonyl (C=O) groups excluding carboxylic acids is 2. The van der Waals surface area contributed by atoms with Crippen molar-refractivity contribution in [2.75, 3.05) is 13.4 Å². The molecule has 72 valence electrons. The van der Waals surface area contributed by atoms with Crippen molar-refractivity contribution in [1.82, 2.24) is 0 Å². The molecule has 0 amide bonds. The zero-order chi connectivity index (χ0) is 9.68. The smallest absolute Gasteiger partial charge is 0.375 e. The molecule has 13 heavy (non-hydrogen) atoms. The van der Waals surface area contributed by atoms with Gasteiger partial charge >= 0.3 is 5.97 Å². The minimum Gasteiger partial charge on any atom is -0.462 e. The average Bonchev–Trinajstić information content (AvgIpc) is 2.57. The second kappa shape index (κ2) is 4.49. The van der Waals surface area contributed by atoms with Crippen molar-refractivity contribution >= 4 is 11.8 Å². The molecule has 0 aromatic heterocycles. The first-order valence-electron chi connectivity index (χ1n) is 3.87. The Bertz CT molecular complexity index is 243. The van der Waals surface area contributed by atoms with Gasteiger partial charge in [0.05, 0.1) is 13.0 Å². The lowest BCUT2D eigenvalue weighted by atomic mass is 10.2. The lowest BCUT2D eigenvalue weighted by Gasteiger charge is -2.00. The molecule has 0 radical (unpaired) electrons. The molecule has 0 bridgehead atoms. The highest BCUT2D eigenvalue weighted by Crippen LogP contribution is 2.11. The molecule has 0 saturated heterocycles. The predicted molar refractivity (Wildman–Crippen MR) is 41.4 cm³/mol. The molecule has 1 heterocycles. The van der Waals surface area contributed by atoms with E-state index in [4.69, 9.17) is 9.47 Å². The monoisotopic (exact) mass is 186 g/mol. The normalized spacial score (nSPS) is 14.1. The van der Waals surface area contributed by atoms with E-state index in [1.807, 2.05) is 0 Å². The van der Waals surface area contributed by atoms with Gasteiger partial charge in [0.15, 0.2) is 0 Å². The summed E-state index contributed by atoms with van der Waals surface area (Å²) in [6.07, 6.45) is 1.22. The van der Waals surface area contributed by atoms with E-state index in [1.54, 1.807) is 6.92 Å². The Morgan fingerprint density at radius 3 is 2.92 bits per heavy atom. The summed E-state index contributed by atoms with van der Waals surface area (Å²) in [7, 11) is 0. The van der Waals surface area contributed by atoms with E-state index in [-0.39, 0.29) is 19.8 Å². The van der Waals surface area contributed by atoms with Gasteiger partial charge in [-0.25, -0.2) is 4.79 Å². The highest BCUT2D eigenvalue weighted by molar-refractivity contribution is 6.34. The third kappa shape index (κ3) is 2.77. The van der Waals surface area contributed by atoms with E-state index >= 15 is 0 Å². The van der Waals surface area contributed by atoms with E-state index in [2.05, 4.69) is 4.74 Å². The Morgan fingerprint density at radius 1 is 1.62 bits per heavy atom. The maximum atomic E-state index is 11.0. The van der Waals surface area contributed by atoms with Gasteiger partial charge in [0.1, 0.15) is 12.0 Å². The Hall–Kier alpha value is -1.52. The Balaban J connectivity index is 2.35. The van der Waals surface area contributed by atoms with Gasteiger partial charge in [0.2, 0.25) is 12.6 Å². The van der Waals surface area contributed by atoms with Crippen molar-refractivity contribution < 1.29 is 23.8 Å². The van der Waals surface area contributed by atoms with Crippen LogP contribution in [0.2, 0.25) is 0 Å². The molecule has 0 spiro atoms. The third-order valence-electron chi connectivity index (χ3n) is 1.37. The van der Waals surface area contributed by atoms with Crippen LogP contribution in [0.3, 0.4) is 0 Å². The van der Waals surface area contributed by atoms with Crippen LogP contribution in [0.5, 0.6) is 0 Å². The number of esters is 1. The van der Waals surface area contributed by atoms with Crippen LogP contribution in [-0.2, 0) is 23.8 Å². The van der Waals surface area contributed by atoms with E-state index in [1.165, 1.54) is 6.26 Å². The Morgan fingerprint density at radius 2 is 2.38 bits per heavy atom. The summed E-state index contributed by atoms with van der Waals surface area (Å²) in [5, 5.41) is 0. The van der Waals surface area contributed by atoms with Crippen molar-refractivity contribution in [3.8, 4) is 0 Å². The summed E-state index contributed by atoms with van der Waals surface area (Å²) in [4.78, 5) is 21.9. The fourth-order valence-corrected chi connectivity index (χ4v) is 0.805. The van der Waals surface area contributed by atoms with Crippen molar-refractivity contribution in [2.45, 2.75) is 13.3 Å². The highest BCUT2D eigenvalue weighted by atomic mass is 16.7. The fourth-order valence-electron chi connectivity index (χ4n) is 0.805. The summed E-state index contributed by atoms with van der Waals surface area (Å²) in [5.74, 6) is -1.10. The van der Waals surface area contributed by atoms with E-state index < -0.39 is 11.8 Å². The minimum absolute atomic E-state index is 0.0984. The quantitative estimate of drug-likeness (QED) is 0.468. The summed E-state index contributed by atoms with van der Waals surface area (Å²) in [6.45, 7) is 1.94. The standard InChI is InChI=1S/C8H10O5/c1-2-12-8(10)7(9)3-6-4-11-5-13-6/h4H,2-3,5H2,1H3. The molecular formula is C8H10O5. The van der Waals surface area contributed by atoms with Gasteiger partial charge in [-0.2, -0.15) is 0 Å². The number of Topliss-reactive ketones (excluding diaryl/α,β-unsaturated/α-hetero) is 1. The Kier molecular flexibility index (Phi) is 3.31. The highest BCUT2D eigenvalue weighted by Gasteiger charge is 2.19. The van der Waals surface area contributed by atoms with Gasteiger partial charge in [-0.15, -0.1) is 0 Å². The lowest BCUT2D eigenvalue weighted by molar-refractivity contribution is -0.153. The molecule has 0 saturated carbocycles. The fraction of sp³-hybridized carbons (Fsp3) is 0.500. The Labute approximate surface area is 75.3 Å². The molecule has 0 aromatic rings. The number of ether oxygens (including phenoxy) is 3. The summed E-state index contributed by atoms with van der Waals surface area (Å²) in [5.41, 5.74) is 0. The molecule has 1 aliphatic heterocycles. The number of hydrogen-bond donors (Lipinski definition) is 0. The molecule has 0 N–H and O–H groups in total. The molecule has 5 heteroatoms. The SMILES string of the molecule is CCOC(=O)C(=O)CC1=COCO1. The molecule has 5 nitrogen and oxygen atoms in total. The topological polar surface area (TPSA) is 61.8 Å². The molecule has 0 aliphatic carbocycles. The molecule has 1 rings (SSSR count). The van der Waals surface area contributed by atoms with Crippen molar-refractivity contribution in [2.24, 2.45) is 0 Å². The number of ketones is 1. The van der Waals surface area contributed by atoms with E-state index in [0.717, 1.165) is 0 Å². The van der Waals surface area contributed by atoms with Crippen LogP contribution >= 0.6 is 0 Å². The van der Waals surface area contributed by atoms with Gasteiger partial charge in [0, 0.05) is 0 Å². The summed E-state index contributed by atoms with van der Waals surface area (Å²) >= 11 is 0. The predicted octanol–water partition coefficient (Wildman–Crippen LogP) is 0.354. The number of carbonyl (C=O) groups is 2. The van der Waals surface area contributed by atoms with Gasteiger partial charge in [-0.05, 0) is 6.92 Å². The van der Waals surface area contributed by atoms with Crippen molar-refractivity contribution in [1.29, 1.82) is 0 Å². The van der Waals surface area contributed by atoms with Crippen LogP contribution in [0.25, 0.3) is 0 Å². The van der Waals surface area contributed by atoms with Crippen LogP contribution in [0.4, 0.5) is 0 Å². The first-order valence-corrected chi connectivity index (χ1v) is 3.87. The van der Waals surface area contributed by atoms with E-state index in [9.17, 15) is 9.59 Å². The average molecular weight is 186 g/mol. The summed E-state index contributed by atoms with van der Waals surface area (Å²) < 4.78 is 14.1. The zero-order valence-electron chi connectivity index (χ0n) is 7.24. The maximum Gasteiger partial charge on any atom is 0.375 e. The molecule has 0 aromatic carbocycles. The second-order valence-corrected chi connectivity index (χ2v) is 2.33. The molecule has 1 aliphatic rings. The van der Waals surface area contributed by atoms with Gasteiger partial charge < -0.3 is 14.2 Å². The largest absolute Gasteiger partial charge is 0.462 e. The molecular weight excluding hydrogens is 176 g/mol. The van der Waals surface area contributed by atoms with Crippen molar-refractivity contribution in [3.63, 3.8) is 0 Å². The maximum absolute atomic E-state index is 11.0. The van der Waals surface area contributed by atoms with Crippen LogP contribution in [0.1, 0.15) is 13.3 Å². The minimum atomic E-state index is -0.834. The lowest BCUT2D eigenvalue weighted by Crippen LogP contribution is -2.17. The van der Waals surface area contributed by atoms with Gasteiger partial charge in [-0.1, -0.05) is 0 Å². The third-order valence-corrected chi connectivity index (χ3v) is 1.37. The zero-order valence-corrected chi connectivity index (χ0v) is 7.24. The van der Waals surface area contributed by atoms with Crippen LogP contribution in [0.15, 0.2) is 12.0 Å². The molecule has 0 unspecified atom stereocenters.